The van der Waals surface area contributed by atoms with Crippen LogP contribution in [0.1, 0.15) is 118 Å². The van der Waals surface area contributed by atoms with Crippen LogP contribution in [0.4, 0.5) is 0 Å². The summed E-state index contributed by atoms with van der Waals surface area (Å²) >= 11 is 25.7. The van der Waals surface area contributed by atoms with Crippen LogP contribution in [0.15, 0.2) is 24.3 Å². The maximum absolute atomic E-state index is 14.4. The van der Waals surface area contributed by atoms with Crippen LogP contribution in [0, 0.1) is 39.4 Å². The molecule has 0 saturated carbocycles. The van der Waals surface area contributed by atoms with Crippen LogP contribution in [-0.4, -0.2) is 307 Å². The molecule has 1 aliphatic rings. The van der Waals surface area contributed by atoms with Crippen LogP contribution in [-0.2, 0) is 92.7 Å². The van der Waals surface area contributed by atoms with Crippen molar-refractivity contribution in [1.29, 1.82) is 21.6 Å². The number of phenolic OH excluding ortho intramolecular Hbond substituents is 1. The van der Waals surface area contributed by atoms with Gasteiger partial charge >= 0.3 is 0 Å². The molecule has 1 heterocycles. The van der Waals surface area contributed by atoms with E-state index in [9.17, 15) is 91.4 Å². The summed E-state index contributed by atoms with van der Waals surface area (Å²) in [6, 6.07) is -15.7. The Bertz CT molecular complexity index is 4120. The first-order valence-corrected chi connectivity index (χ1v) is 46.3. The molecule has 0 aromatic heterocycles. The van der Waals surface area contributed by atoms with Crippen LogP contribution in [0.3, 0.4) is 0 Å². The second kappa shape index (κ2) is 62.9. The SMILES string of the molecule is CC[C@H](C)[C@@H]1NC(=O)CNC(=O)[C@H](CCCNC(=N)N)NC(=O)CNC(=O)[C@H](CS)NC(=O)[C@H]([C@@H](C)CC)NC(=O)[C@H](CS)NC(=O)[C@H](CCCNC(=N)N)NC(=O)[C@H](CS)NC(=O)[C@H]([C@@H](C)CC)NC(=O)CNC(=O)[C@H](CCCNC(=N)N)NC(=O)CNC(=O)[C@H](CS)NC(=O)[C@H](Cc2ccc(O)cc2)NC(=O)[C@H](CS)NC(=O)[C@H](CCCNC(=N)N)NC(=O)[C@H](CS)NC1=O. The van der Waals surface area contributed by atoms with E-state index in [4.69, 9.17) is 44.6 Å². The van der Waals surface area contributed by atoms with Gasteiger partial charge in [-0.25, -0.2) is 0 Å². The number of carbonyl (C=O) groups is 18. The molecule has 18 amide bonds. The molecule has 132 heavy (non-hydrogen) atoms. The topological polar surface area (TPSA) is 792 Å². The molecule has 1 aromatic rings. The predicted molar refractivity (Wildman–Crippen MR) is 509 cm³/mol. The van der Waals surface area contributed by atoms with Crippen LogP contribution in [0.25, 0.3) is 0 Å². The third-order valence-electron chi connectivity index (χ3n) is 20.5. The Labute approximate surface area is 797 Å². The molecule has 0 unspecified atom stereocenters. The van der Waals surface area contributed by atoms with Crippen molar-refractivity contribution >= 4 is 206 Å². The van der Waals surface area contributed by atoms with E-state index in [0.29, 0.717) is 5.56 Å². The zero-order valence-electron chi connectivity index (χ0n) is 74.3. The summed E-state index contributed by atoms with van der Waals surface area (Å²) < 4.78 is 0. The second-order valence-corrected chi connectivity index (χ2v) is 33.0. The van der Waals surface area contributed by atoms with Crippen LogP contribution < -0.4 is 140 Å². The standard InChI is InChI=1S/C77H132N30O19S6/c1-7-37(4)57-71(124)103-50(34-130)67(120)96-44(16-12-24-88-76(82)83)64(117)100-49(33-129)69(122)98-46(26-40-18-20-41(108)21-19-40)66(119)99-47(31-127)62(115)92-27-53(109)94-42(14-10-22-86-74(78)79)60(113)90-29-55(111)106-58(38(5)8-2)72(125)104-51(35-131)68(121)97-45(17-13-25-89-77(84)85)65(118)101-52(36-132)70(123)107-59(39(6)9-3)73(126)102-48(32-128)63(116)93-28-54(110)95-43(15-11-23-87-75(80)81)61(114)91-30-56(112)105-57/h18-21,37-39,42-52,57-59,108,127-132H,7-17,22-36H2,1-6H3,(H,90,113)(H,91,114)(H,92,115)(H,93,116)(H,94,109)(H,95,110)(H,96,120)(H,97,121)(H,98,122)(H,99,119)(H,100,117)(H,101,118)(H,102,126)(H,103,124)(H,104,125)(H,105,112)(H,106,111)(H,107,123)(H4,78,79,86)(H4,80,81,87)(H4,82,83,88)(H4,84,85,89)/t37-,38-,39-,42-,43-,44-,45-,46-,47-,48-,49-,50-,51-,52-,57-,58-,59-/m0/s1. The van der Waals surface area contributed by atoms with Gasteiger partial charge in [0, 0.05) is 67.1 Å². The fourth-order valence-electron chi connectivity index (χ4n) is 12.3. The predicted octanol–water partition coefficient (Wildman–Crippen LogP) is -10.0. The van der Waals surface area contributed by atoms with E-state index in [-0.39, 0.29) is 115 Å². The van der Waals surface area contributed by atoms with E-state index in [1.807, 2.05) is 0 Å². The first kappa shape index (κ1) is 117. The minimum Gasteiger partial charge on any atom is -0.508 e. The lowest BCUT2D eigenvalue weighted by Gasteiger charge is -2.29. The number of aromatic hydroxyl groups is 1. The Kier molecular flexibility index (Phi) is 55.6. The highest BCUT2D eigenvalue weighted by atomic mass is 32.1. The van der Waals surface area contributed by atoms with Gasteiger partial charge < -0.3 is 145 Å². The molecule has 49 nitrogen and oxygen atoms in total. The average Bonchev–Trinajstić information content (AvgIpc) is 0.852. The summed E-state index contributed by atoms with van der Waals surface area (Å²) in [6.45, 7) is 6.53. The van der Waals surface area contributed by atoms with Crippen LogP contribution in [0.5, 0.6) is 5.75 Å². The summed E-state index contributed by atoms with van der Waals surface area (Å²) in [6.07, 6.45) is -0.123. The van der Waals surface area contributed by atoms with Gasteiger partial charge in [0.05, 0.1) is 26.2 Å². The second-order valence-electron chi connectivity index (χ2n) is 30.8. The van der Waals surface area contributed by atoms with Gasteiger partial charge in [-0.05, 0) is 86.8 Å². The lowest BCUT2D eigenvalue weighted by molar-refractivity contribution is -0.136. The molecule has 1 saturated heterocycles. The van der Waals surface area contributed by atoms with Crippen molar-refractivity contribution in [3.8, 4) is 5.75 Å². The van der Waals surface area contributed by atoms with Gasteiger partial charge in [0.15, 0.2) is 23.8 Å². The Morgan fingerprint density at radius 1 is 0.311 bits per heavy atom. The summed E-state index contributed by atoms with van der Waals surface area (Å²) in [4.78, 5) is 254. The van der Waals surface area contributed by atoms with E-state index in [0.717, 1.165) is 0 Å². The van der Waals surface area contributed by atoms with Gasteiger partial charge in [-0.1, -0.05) is 72.9 Å². The van der Waals surface area contributed by atoms with E-state index < -0.39 is 287 Å². The number of rotatable bonds is 30. The third-order valence-corrected chi connectivity index (χ3v) is 22.7. The Balaban J connectivity index is 2.83. The maximum atomic E-state index is 14.4. The number of thiol groups is 6. The zero-order valence-corrected chi connectivity index (χ0v) is 79.7. The largest absolute Gasteiger partial charge is 0.508 e. The molecule has 740 valence electrons. The average molecular weight is 1970 g/mol. The molecular weight excluding hydrogens is 1840 g/mol. The molecular formula is C77H132N30O19S6. The summed E-state index contributed by atoms with van der Waals surface area (Å²) in [7, 11) is 0. The molecule has 17 atom stereocenters. The van der Waals surface area contributed by atoms with Gasteiger partial charge in [0.25, 0.3) is 0 Å². The fraction of sp³-hybridized carbons (Fsp3) is 0.636. The number of benzene rings is 1. The van der Waals surface area contributed by atoms with E-state index >= 15 is 0 Å². The van der Waals surface area contributed by atoms with Gasteiger partial charge in [-0.3, -0.25) is 108 Å². The highest BCUT2D eigenvalue weighted by Crippen LogP contribution is 2.17. The monoisotopic (exact) mass is 1970 g/mol. The number of nitrogens with one attached hydrogen (secondary N) is 26. The summed E-state index contributed by atoms with van der Waals surface area (Å²) in [5.41, 5.74) is 22.3. The van der Waals surface area contributed by atoms with Crippen molar-refractivity contribution in [2.45, 2.75) is 203 Å². The highest BCUT2D eigenvalue weighted by Gasteiger charge is 2.39. The third kappa shape index (κ3) is 44.3. The zero-order chi connectivity index (χ0) is 99.4. The fourth-order valence-corrected chi connectivity index (χ4v) is 13.9. The number of hydrogen-bond acceptors (Lipinski definition) is 29. The lowest BCUT2D eigenvalue weighted by atomic mass is 9.97. The van der Waals surface area contributed by atoms with E-state index in [1.165, 1.54) is 24.3 Å². The Hall–Kier alpha value is -11.3. The Morgan fingerprint density at radius 3 is 0.780 bits per heavy atom. The van der Waals surface area contributed by atoms with Gasteiger partial charge in [-0.2, -0.15) is 75.8 Å². The molecule has 2 rings (SSSR count). The van der Waals surface area contributed by atoms with Gasteiger partial charge in [0.1, 0.15) is 90.3 Å². The van der Waals surface area contributed by atoms with Gasteiger partial charge in [-0.15, -0.1) is 0 Å². The maximum Gasteiger partial charge on any atom is 0.244 e. The van der Waals surface area contributed by atoms with E-state index in [2.05, 4.69) is 193 Å². The molecule has 55 heteroatoms. The summed E-state index contributed by atoms with van der Waals surface area (Å²) in [5.74, 6) is -24.0. The first-order valence-electron chi connectivity index (χ1n) is 42.5. The molecule has 0 radical (unpaired) electrons. The number of amides is 18. The minimum atomic E-state index is -1.61. The molecule has 35 N–H and O–H groups in total. The van der Waals surface area contributed by atoms with Crippen molar-refractivity contribution in [2.75, 3.05) is 86.9 Å². The number of hydrogen-bond donors (Lipinski definition) is 37. The van der Waals surface area contributed by atoms with E-state index in [1.54, 1.807) is 41.5 Å². The number of guanidine groups is 4. The van der Waals surface area contributed by atoms with Crippen molar-refractivity contribution < 1.29 is 91.4 Å². The molecule has 1 aliphatic heterocycles. The lowest BCUT2D eigenvalue weighted by Crippen LogP contribution is -2.61. The quantitative estimate of drug-likeness (QED) is 0.0147. The molecule has 0 aliphatic carbocycles. The minimum absolute atomic E-state index is 0.00308. The smallest absolute Gasteiger partial charge is 0.244 e. The molecule has 1 fully saturated rings. The van der Waals surface area contributed by atoms with Crippen molar-refractivity contribution in [3.05, 3.63) is 29.8 Å². The molecule has 1 aromatic carbocycles. The van der Waals surface area contributed by atoms with Crippen molar-refractivity contribution in [3.63, 3.8) is 0 Å². The number of phenols is 1. The molecule has 0 bridgehead atoms. The Morgan fingerprint density at radius 2 is 0.515 bits per heavy atom. The highest BCUT2D eigenvalue weighted by molar-refractivity contribution is 7.81. The number of nitrogens with two attached hydrogens (primary N) is 4. The van der Waals surface area contributed by atoms with Gasteiger partial charge in [0.2, 0.25) is 106 Å². The van der Waals surface area contributed by atoms with Crippen molar-refractivity contribution in [1.82, 2.24) is 117 Å². The van der Waals surface area contributed by atoms with Crippen LogP contribution in [0.2, 0.25) is 0 Å². The first-order chi connectivity index (χ1) is 62.4. The number of carbonyl (C=O) groups excluding carboxylic acids is 18. The normalized spacial score (nSPS) is 24.5. The summed E-state index contributed by atoms with van der Waals surface area (Å²) in [5, 5.41) is 95.6. The molecule has 0 spiro atoms. The van der Waals surface area contributed by atoms with Crippen molar-refractivity contribution in [2.24, 2.45) is 40.7 Å². The van der Waals surface area contributed by atoms with Crippen LogP contribution >= 0.6 is 75.8 Å².